The van der Waals surface area contributed by atoms with Crippen molar-refractivity contribution in [1.82, 2.24) is 5.32 Å². The molecule has 0 aromatic heterocycles. The second-order valence-corrected chi connectivity index (χ2v) is 6.15. The highest BCUT2D eigenvalue weighted by molar-refractivity contribution is 6.01. The maximum atomic E-state index is 12.8. The lowest BCUT2D eigenvalue weighted by molar-refractivity contribution is -0.123. The SMILES string of the molecule is Cc1ccc(N2C(=O)C(C)(C)NCCC2C)c(C)c1. The van der Waals surface area contributed by atoms with Crippen LogP contribution in [-0.2, 0) is 4.79 Å². The van der Waals surface area contributed by atoms with Gasteiger partial charge in [-0.3, -0.25) is 4.79 Å². The lowest BCUT2D eigenvalue weighted by atomic mass is 10.0. The van der Waals surface area contributed by atoms with Crippen LogP contribution < -0.4 is 10.2 Å². The van der Waals surface area contributed by atoms with E-state index < -0.39 is 5.54 Å². The van der Waals surface area contributed by atoms with Crippen LogP contribution in [0, 0.1) is 13.8 Å². The van der Waals surface area contributed by atoms with Gasteiger partial charge in [0.1, 0.15) is 0 Å². The summed E-state index contributed by atoms with van der Waals surface area (Å²) in [4.78, 5) is 14.7. The van der Waals surface area contributed by atoms with Crippen LogP contribution in [0.4, 0.5) is 5.69 Å². The molecule has 0 bridgehead atoms. The number of hydrogen-bond donors (Lipinski definition) is 1. The maximum Gasteiger partial charge on any atom is 0.246 e. The second-order valence-electron chi connectivity index (χ2n) is 6.15. The largest absolute Gasteiger partial charge is 0.308 e. The number of rotatable bonds is 1. The first kappa shape index (κ1) is 14.1. The number of nitrogens with zero attached hydrogens (tertiary/aromatic N) is 1. The van der Waals surface area contributed by atoms with Crippen molar-refractivity contribution in [3.05, 3.63) is 29.3 Å². The van der Waals surface area contributed by atoms with E-state index in [9.17, 15) is 4.79 Å². The molecule has 0 spiro atoms. The van der Waals surface area contributed by atoms with Crippen LogP contribution in [0.15, 0.2) is 18.2 Å². The number of nitrogens with one attached hydrogen (secondary N) is 1. The zero-order chi connectivity index (χ0) is 14.2. The molecule has 1 aromatic carbocycles. The van der Waals surface area contributed by atoms with E-state index in [0.717, 1.165) is 24.2 Å². The van der Waals surface area contributed by atoms with Crippen LogP contribution in [0.25, 0.3) is 0 Å². The van der Waals surface area contributed by atoms with E-state index in [1.807, 2.05) is 18.7 Å². The summed E-state index contributed by atoms with van der Waals surface area (Å²) in [6.45, 7) is 11.1. The maximum absolute atomic E-state index is 12.8. The number of carbonyl (C=O) groups excluding carboxylic acids is 1. The van der Waals surface area contributed by atoms with Gasteiger partial charge in [0.15, 0.2) is 0 Å². The van der Waals surface area contributed by atoms with E-state index in [1.165, 1.54) is 5.56 Å². The van der Waals surface area contributed by atoms with E-state index >= 15 is 0 Å². The van der Waals surface area contributed by atoms with Crippen molar-refractivity contribution >= 4 is 11.6 Å². The molecule has 1 aliphatic rings. The van der Waals surface area contributed by atoms with Crippen LogP contribution in [0.3, 0.4) is 0 Å². The molecule has 19 heavy (non-hydrogen) atoms. The van der Waals surface area contributed by atoms with Gasteiger partial charge in [0.2, 0.25) is 5.91 Å². The van der Waals surface area contributed by atoms with Gasteiger partial charge in [0, 0.05) is 11.7 Å². The number of aryl methyl sites for hydroxylation is 2. The van der Waals surface area contributed by atoms with Crippen molar-refractivity contribution in [3.63, 3.8) is 0 Å². The van der Waals surface area contributed by atoms with Crippen LogP contribution in [0.1, 0.15) is 38.3 Å². The summed E-state index contributed by atoms with van der Waals surface area (Å²) in [5, 5.41) is 3.34. The molecular weight excluding hydrogens is 236 g/mol. The van der Waals surface area contributed by atoms with Gasteiger partial charge in [-0.15, -0.1) is 0 Å². The molecule has 3 heteroatoms. The average Bonchev–Trinajstić information content (AvgIpc) is 2.40. The Labute approximate surface area is 116 Å². The van der Waals surface area contributed by atoms with Crippen molar-refractivity contribution in [2.24, 2.45) is 0 Å². The van der Waals surface area contributed by atoms with Crippen LogP contribution >= 0.6 is 0 Å². The Bertz CT molecular complexity index is 494. The van der Waals surface area contributed by atoms with Gasteiger partial charge in [-0.1, -0.05) is 17.7 Å². The molecule has 2 rings (SSSR count). The molecule has 1 heterocycles. The zero-order valence-corrected chi connectivity index (χ0v) is 12.6. The lowest BCUT2D eigenvalue weighted by Crippen LogP contribution is -2.53. The summed E-state index contributed by atoms with van der Waals surface area (Å²) in [5.74, 6) is 0.157. The highest BCUT2D eigenvalue weighted by Crippen LogP contribution is 2.28. The third-order valence-electron chi connectivity index (χ3n) is 3.94. The summed E-state index contributed by atoms with van der Waals surface area (Å²) in [6.07, 6.45) is 0.975. The normalized spacial score (nSPS) is 23.3. The monoisotopic (exact) mass is 260 g/mol. The Morgan fingerprint density at radius 1 is 1.32 bits per heavy atom. The van der Waals surface area contributed by atoms with E-state index in [2.05, 4.69) is 44.3 Å². The molecule has 1 unspecified atom stereocenters. The van der Waals surface area contributed by atoms with Gasteiger partial charge in [-0.2, -0.15) is 0 Å². The first-order valence-electron chi connectivity index (χ1n) is 6.99. The first-order valence-corrected chi connectivity index (χ1v) is 6.99. The van der Waals surface area contributed by atoms with Crippen LogP contribution in [-0.4, -0.2) is 24.0 Å². The Hall–Kier alpha value is -1.35. The van der Waals surface area contributed by atoms with E-state index in [4.69, 9.17) is 0 Å². The van der Waals surface area contributed by atoms with Gasteiger partial charge in [0.05, 0.1) is 5.54 Å². The van der Waals surface area contributed by atoms with Crippen molar-refractivity contribution in [3.8, 4) is 0 Å². The molecule has 0 saturated carbocycles. The van der Waals surface area contributed by atoms with Crippen LogP contribution in [0.2, 0.25) is 0 Å². The summed E-state index contributed by atoms with van der Waals surface area (Å²) < 4.78 is 0. The lowest BCUT2D eigenvalue weighted by Gasteiger charge is -2.33. The summed E-state index contributed by atoms with van der Waals surface area (Å²) in [7, 11) is 0. The molecule has 3 nitrogen and oxygen atoms in total. The Balaban J connectivity index is 2.47. The quantitative estimate of drug-likeness (QED) is 0.842. The Morgan fingerprint density at radius 2 is 2.00 bits per heavy atom. The van der Waals surface area contributed by atoms with Crippen molar-refractivity contribution in [1.29, 1.82) is 0 Å². The van der Waals surface area contributed by atoms with Gasteiger partial charge in [0.25, 0.3) is 0 Å². The third kappa shape index (κ3) is 2.66. The predicted molar refractivity (Wildman–Crippen MR) is 79.6 cm³/mol. The minimum atomic E-state index is -0.498. The number of hydrogen-bond acceptors (Lipinski definition) is 2. The number of anilines is 1. The summed E-state index contributed by atoms with van der Waals surface area (Å²) in [6, 6.07) is 6.51. The van der Waals surface area contributed by atoms with Crippen LogP contribution in [0.5, 0.6) is 0 Å². The third-order valence-corrected chi connectivity index (χ3v) is 3.94. The predicted octanol–water partition coefficient (Wildman–Crippen LogP) is 2.80. The van der Waals surface area contributed by atoms with E-state index in [1.54, 1.807) is 0 Å². The Morgan fingerprint density at radius 3 is 2.63 bits per heavy atom. The summed E-state index contributed by atoms with van der Waals surface area (Å²) in [5.41, 5.74) is 2.94. The molecule has 1 amide bonds. The topological polar surface area (TPSA) is 32.3 Å². The standard InChI is InChI=1S/C16H24N2O/c1-11-6-7-14(12(2)10-11)18-13(3)8-9-17-16(4,5)15(18)19/h6-7,10,13,17H,8-9H2,1-5H3. The zero-order valence-electron chi connectivity index (χ0n) is 12.6. The highest BCUT2D eigenvalue weighted by Gasteiger charge is 2.37. The van der Waals surface area contributed by atoms with E-state index in [-0.39, 0.29) is 11.9 Å². The van der Waals surface area contributed by atoms with Crippen molar-refractivity contribution in [2.45, 2.75) is 52.6 Å². The fraction of sp³-hybridized carbons (Fsp3) is 0.562. The highest BCUT2D eigenvalue weighted by atomic mass is 16.2. The minimum Gasteiger partial charge on any atom is -0.308 e. The summed E-state index contributed by atoms with van der Waals surface area (Å²) >= 11 is 0. The number of carbonyl (C=O) groups is 1. The van der Waals surface area contributed by atoms with Gasteiger partial charge in [-0.05, 0) is 59.2 Å². The molecular formula is C16H24N2O. The fourth-order valence-corrected chi connectivity index (χ4v) is 2.72. The number of benzene rings is 1. The molecule has 104 valence electrons. The van der Waals surface area contributed by atoms with Crippen molar-refractivity contribution in [2.75, 3.05) is 11.4 Å². The molecule has 1 fully saturated rings. The smallest absolute Gasteiger partial charge is 0.246 e. The average molecular weight is 260 g/mol. The second kappa shape index (κ2) is 4.97. The molecule has 1 aromatic rings. The van der Waals surface area contributed by atoms with E-state index in [0.29, 0.717) is 0 Å². The molecule has 1 N–H and O–H groups in total. The molecule has 1 aliphatic heterocycles. The van der Waals surface area contributed by atoms with Crippen molar-refractivity contribution < 1.29 is 4.79 Å². The molecule has 0 radical (unpaired) electrons. The molecule has 1 saturated heterocycles. The number of amides is 1. The Kier molecular flexibility index (Phi) is 3.68. The fourth-order valence-electron chi connectivity index (χ4n) is 2.72. The van der Waals surface area contributed by atoms with Gasteiger partial charge < -0.3 is 10.2 Å². The minimum absolute atomic E-state index is 0.157. The molecule has 0 aliphatic carbocycles. The van der Waals surface area contributed by atoms with Gasteiger partial charge in [-0.25, -0.2) is 0 Å². The first-order chi connectivity index (χ1) is 8.83. The molecule has 1 atom stereocenters. The van der Waals surface area contributed by atoms with Gasteiger partial charge >= 0.3 is 0 Å².